The van der Waals surface area contributed by atoms with E-state index in [4.69, 9.17) is 11.6 Å². The third-order valence-corrected chi connectivity index (χ3v) is 2.64. The summed E-state index contributed by atoms with van der Waals surface area (Å²) in [5, 5.41) is 0.585. The van der Waals surface area contributed by atoms with Gasteiger partial charge in [0.15, 0.2) is 0 Å². The SMILES string of the molecule is CCCCCC(=O)Cc1ccncc1Cl. The average Bonchev–Trinajstić information content (AvgIpc) is 2.22. The Hall–Kier alpha value is -0.890. The zero-order valence-electron chi connectivity index (χ0n) is 9.00. The summed E-state index contributed by atoms with van der Waals surface area (Å²) in [6.07, 6.45) is 7.59. The van der Waals surface area contributed by atoms with Crippen molar-refractivity contribution in [3.05, 3.63) is 29.0 Å². The highest BCUT2D eigenvalue weighted by Gasteiger charge is 2.06. The molecule has 1 rings (SSSR count). The molecule has 15 heavy (non-hydrogen) atoms. The molecular weight excluding hydrogens is 210 g/mol. The van der Waals surface area contributed by atoms with Gasteiger partial charge >= 0.3 is 0 Å². The Bertz CT molecular complexity index is 325. The number of Topliss-reactive ketones (excluding diaryl/α,β-unsaturated/α-hetero) is 1. The minimum Gasteiger partial charge on any atom is -0.299 e. The largest absolute Gasteiger partial charge is 0.299 e. The second-order valence-electron chi connectivity index (χ2n) is 3.64. The van der Waals surface area contributed by atoms with Crippen LogP contribution in [0.4, 0.5) is 0 Å². The Morgan fingerprint density at radius 3 is 2.93 bits per heavy atom. The lowest BCUT2D eigenvalue weighted by molar-refractivity contribution is -0.118. The first-order valence-corrected chi connectivity index (χ1v) is 5.72. The third kappa shape index (κ3) is 4.43. The Morgan fingerprint density at radius 2 is 2.27 bits per heavy atom. The van der Waals surface area contributed by atoms with Gasteiger partial charge in [0.1, 0.15) is 5.78 Å². The van der Waals surface area contributed by atoms with Gasteiger partial charge in [-0.25, -0.2) is 0 Å². The molecule has 0 aliphatic heterocycles. The zero-order chi connectivity index (χ0) is 11.1. The maximum Gasteiger partial charge on any atom is 0.137 e. The van der Waals surface area contributed by atoms with Crippen molar-refractivity contribution in [1.82, 2.24) is 4.98 Å². The quantitative estimate of drug-likeness (QED) is 0.695. The highest BCUT2D eigenvalue weighted by Crippen LogP contribution is 2.15. The highest BCUT2D eigenvalue weighted by molar-refractivity contribution is 6.31. The van der Waals surface area contributed by atoms with E-state index in [1.807, 2.05) is 0 Å². The van der Waals surface area contributed by atoms with E-state index in [1.165, 1.54) is 0 Å². The minimum atomic E-state index is 0.261. The van der Waals surface area contributed by atoms with Crippen LogP contribution in [0, 0.1) is 0 Å². The predicted octanol–water partition coefficient (Wildman–Crippen LogP) is 3.43. The fourth-order valence-electron chi connectivity index (χ4n) is 1.42. The van der Waals surface area contributed by atoms with Crippen LogP contribution >= 0.6 is 11.6 Å². The number of unbranched alkanes of at least 4 members (excludes halogenated alkanes) is 2. The Labute approximate surface area is 95.7 Å². The number of aromatic nitrogens is 1. The molecule has 0 atom stereocenters. The summed E-state index contributed by atoms with van der Waals surface area (Å²) in [5.41, 5.74) is 0.883. The van der Waals surface area contributed by atoms with E-state index in [1.54, 1.807) is 18.5 Å². The maximum atomic E-state index is 11.6. The molecule has 82 valence electrons. The van der Waals surface area contributed by atoms with E-state index in [0.717, 1.165) is 24.8 Å². The maximum absolute atomic E-state index is 11.6. The molecule has 0 bridgehead atoms. The number of hydrogen-bond acceptors (Lipinski definition) is 2. The van der Waals surface area contributed by atoms with Crippen LogP contribution in [0.15, 0.2) is 18.5 Å². The summed E-state index contributed by atoms with van der Waals surface area (Å²) in [4.78, 5) is 15.4. The lowest BCUT2D eigenvalue weighted by Gasteiger charge is -2.02. The topological polar surface area (TPSA) is 30.0 Å². The van der Waals surface area contributed by atoms with E-state index in [9.17, 15) is 4.79 Å². The van der Waals surface area contributed by atoms with Crippen LogP contribution in [-0.2, 0) is 11.2 Å². The monoisotopic (exact) mass is 225 g/mol. The van der Waals surface area contributed by atoms with Crippen molar-refractivity contribution in [1.29, 1.82) is 0 Å². The van der Waals surface area contributed by atoms with Crippen molar-refractivity contribution in [2.45, 2.75) is 39.0 Å². The molecule has 0 fully saturated rings. The molecule has 2 nitrogen and oxygen atoms in total. The Morgan fingerprint density at radius 1 is 1.47 bits per heavy atom. The summed E-state index contributed by atoms with van der Waals surface area (Å²) in [6.45, 7) is 2.13. The van der Waals surface area contributed by atoms with Crippen LogP contribution in [0.2, 0.25) is 5.02 Å². The molecule has 1 heterocycles. The first-order chi connectivity index (χ1) is 7.24. The molecule has 0 unspecified atom stereocenters. The molecule has 0 N–H and O–H groups in total. The van der Waals surface area contributed by atoms with Gasteiger partial charge in [-0.2, -0.15) is 0 Å². The van der Waals surface area contributed by atoms with Gasteiger partial charge in [0.2, 0.25) is 0 Å². The fourth-order valence-corrected chi connectivity index (χ4v) is 1.61. The molecular formula is C12H16ClNO. The molecule has 3 heteroatoms. The molecule has 0 saturated heterocycles. The number of ketones is 1. The molecule has 0 aliphatic rings. The Balaban J connectivity index is 2.41. The third-order valence-electron chi connectivity index (χ3n) is 2.30. The smallest absolute Gasteiger partial charge is 0.137 e. The van der Waals surface area contributed by atoms with Gasteiger partial charge in [-0.05, 0) is 18.1 Å². The fraction of sp³-hybridized carbons (Fsp3) is 0.500. The number of rotatable bonds is 6. The van der Waals surface area contributed by atoms with Crippen LogP contribution in [0.5, 0.6) is 0 Å². The summed E-state index contributed by atoms with van der Waals surface area (Å²) in [6, 6.07) is 1.81. The molecule has 1 aromatic heterocycles. The number of hydrogen-bond donors (Lipinski definition) is 0. The zero-order valence-corrected chi connectivity index (χ0v) is 9.76. The molecule has 0 aromatic carbocycles. The number of carbonyl (C=O) groups is 1. The molecule has 0 aliphatic carbocycles. The lowest BCUT2D eigenvalue weighted by Crippen LogP contribution is -2.03. The second-order valence-corrected chi connectivity index (χ2v) is 4.05. The molecule has 0 radical (unpaired) electrons. The normalized spacial score (nSPS) is 10.3. The van der Waals surface area contributed by atoms with Crippen molar-refractivity contribution < 1.29 is 4.79 Å². The van der Waals surface area contributed by atoms with Crippen LogP contribution < -0.4 is 0 Å². The number of carbonyl (C=O) groups excluding carboxylic acids is 1. The summed E-state index contributed by atoms with van der Waals surface area (Å²) in [5.74, 6) is 0.261. The highest BCUT2D eigenvalue weighted by atomic mass is 35.5. The Kier molecular flexibility index (Phi) is 5.33. The van der Waals surface area contributed by atoms with Crippen LogP contribution in [0.1, 0.15) is 38.2 Å². The molecule has 0 saturated carbocycles. The predicted molar refractivity (Wildman–Crippen MR) is 62.1 cm³/mol. The summed E-state index contributed by atoms with van der Waals surface area (Å²) >= 11 is 5.91. The van der Waals surface area contributed by atoms with Crippen LogP contribution in [-0.4, -0.2) is 10.8 Å². The van der Waals surface area contributed by atoms with Crippen LogP contribution in [0.3, 0.4) is 0 Å². The number of halogens is 1. The van der Waals surface area contributed by atoms with E-state index in [0.29, 0.717) is 17.9 Å². The first-order valence-electron chi connectivity index (χ1n) is 5.34. The lowest BCUT2D eigenvalue weighted by atomic mass is 10.1. The molecule has 0 spiro atoms. The number of nitrogens with zero attached hydrogens (tertiary/aromatic N) is 1. The van der Waals surface area contributed by atoms with Gasteiger partial charge in [0.25, 0.3) is 0 Å². The standard InChI is InChI=1S/C12H16ClNO/c1-2-3-4-5-11(15)8-10-6-7-14-9-12(10)13/h6-7,9H,2-5,8H2,1H3. The first kappa shape index (κ1) is 12.2. The van der Waals surface area contributed by atoms with Crippen LogP contribution in [0.25, 0.3) is 0 Å². The van der Waals surface area contributed by atoms with Gasteiger partial charge in [-0.1, -0.05) is 31.4 Å². The van der Waals surface area contributed by atoms with E-state index >= 15 is 0 Å². The van der Waals surface area contributed by atoms with Crippen molar-refractivity contribution in [3.8, 4) is 0 Å². The van der Waals surface area contributed by atoms with Gasteiger partial charge in [0, 0.05) is 25.2 Å². The van der Waals surface area contributed by atoms with Crippen molar-refractivity contribution in [2.75, 3.05) is 0 Å². The van der Waals surface area contributed by atoms with Crippen molar-refractivity contribution >= 4 is 17.4 Å². The van der Waals surface area contributed by atoms with Gasteiger partial charge < -0.3 is 0 Å². The second kappa shape index (κ2) is 6.57. The summed E-state index contributed by atoms with van der Waals surface area (Å²) in [7, 11) is 0. The van der Waals surface area contributed by atoms with E-state index in [2.05, 4.69) is 11.9 Å². The number of pyridine rings is 1. The minimum absolute atomic E-state index is 0.261. The average molecular weight is 226 g/mol. The van der Waals surface area contributed by atoms with E-state index in [-0.39, 0.29) is 5.78 Å². The summed E-state index contributed by atoms with van der Waals surface area (Å²) < 4.78 is 0. The van der Waals surface area contributed by atoms with Crippen molar-refractivity contribution in [3.63, 3.8) is 0 Å². The molecule has 1 aromatic rings. The van der Waals surface area contributed by atoms with Gasteiger partial charge in [-0.15, -0.1) is 0 Å². The van der Waals surface area contributed by atoms with E-state index < -0.39 is 0 Å². The van der Waals surface area contributed by atoms with Crippen molar-refractivity contribution in [2.24, 2.45) is 0 Å². The molecule has 0 amide bonds. The van der Waals surface area contributed by atoms with Gasteiger partial charge in [-0.3, -0.25) is 9.78 Å². The van der Waals surface area contributed by atoms with Gasteiger partial charge in [0.05, 0.1) is 5.02 Å².